The maximum Gasteiger partial charge on any atom is 0.286 e. The zero-order valence-corrected chi connectivity index (χ0v) is 16.1. The molecule has 3 fully saturated rings. The topological polar surface area (TPSA) is 67.4 Å². The predicted molar refractivity (Wildman–Crippen MR) is 101 cm³/mol. The summed E-state index contributed by atoms with van der Waals surface area (Å²) in [6.07, 6.45) is 10.7. The number of thioether (sulfide) groups is 1. The van der Waals surface area contributed by atoms with Crippen molar-refractivity contribution in [2.75, 3.05) is 13.2 Å². The normalized spacial score (nSPS) is 36.4. The van der Waals surface area contributed by atoms with E-state index in [1.54, 1.807) is 0 Å². The van der Waals surface area contributed by atoms with Crippen LogP contribution in [-0.4, -0.2) is 41.7 Å². The SMILES string of the molecule is CCC1CCC(CCOC2CCC(CC3SC(=O)NC3=O)CC2)NC1. The zero-order valence-electron chi connectivity index (χ0n) is 15.3. The lowest BCUT2D eigenvalue weighted by atomic mass is 9.84. The maximum atomic E-state index is 11.7. The summed E-state index contributed by atoms with van der Waals surface area (Å²) in [5.74, 6) is 1.32. The predicted octanol–water partition coefficient (Wildman–Crippen LogP) is 3.47. The Bertz CT molecular complexity index is 458. The lowest BCUT2D eigenvalue weighted by molar-refractivity contribution is -0.119. The molecule has 2 saturated heterocycles. The Morgan fingerprint density at radius 3 is 2.44 bits per heavy atom. The summed E-state index contributed by atoms with van der Waals surface area (Å²) in [5, 5.41) is 5.70. The molecule has 6 heteroatoms. The number of carbonyl (C=O) groups excluding carboxylic acids is 2. The number of piperidine rings is 1. The highest BCUT2D eigenvalue weighted by molar-refractivity contribution is 8.15. The van der Waals surface area contributed by atoms with Gasteiger partial charge in [0.1, 0.15) is 0 Å². The molecule has 2 heterocycles. The summed E-state index contributed by atoms with van der Waals surface area (Å²) in [6.45, 7) is 4.31. The molecule has 0 aromatic heterocycles. The van der Waals surface area contributed by atoms with Gasteiger partial charge < -0.3 is 10.1 Å². The van der Waals surface area contributed by atoms with Crippen LogP contribution < -0.4 is 10.6 Å². The van der Waals surface area contributed by atoms with Crippen LogP contribution in [0.2, 0.25) is 0 Å². The second kappa shape index (κ2) is 9.38. The van der Waals surface area contributed by atoms with E-state index in [0.717, 1.165) is 62.8 Å². The average molecular weight is 369 g/mol. The molecule has 3 aliphatic rings. The van der Waals surface area contributed by atoms with E-state index in [9.17, 15) is 9.59 Å². The monoisotopic (exact) mass is 368 g/mol. The third-order valence-electron chi connectivity index (χ3n) is 6.12. The zero-order chi connectivity index (χ0) is 17.6. The van der Waals surface area contributed by atoms with Gasteiger partial charge in [-0.3, -0.25) is 14.9 Å². The molecule has 3 rings (SSSR count). The van der Waals surface area contributed by atoms with Gasteiger partial charge in [0.2, 0.25) is 5.91 Å². The minimum absolute atomic E-state index is 0.0985. The average Bonchev–Trinajstić information content (AvgIpc) is 2.94. The fraction of sp³-hybridized carbons (Fsp3) is 0.895. The summed E-state index contributed by atoms with van der Waals surface area (Å²) in [6, 6.07) is 0.634. The molecule has 5 nitrogen and oxygen atoms in total. The highest BCUT2D eigenvalue weighted by atomic mass is 32.2. The maximum absolute atomic E-state index is 11.7. The lowest BCUT2D eigenvalue weighted by Gasteiger charge is -2.31. The fourth-order valence-electron chi connectivity index (χ4n) is 4.33. The highest BCUT2D eigenvalue weighted by Crippen LogP contribution is 2.34. The number of imide groups is 1. The van der Waals surface area contributed by atoms with Gasteiger partial charge in [-0.15, -0.1) is 0 Å². The summed E-state index contributed by atoms with van der Waals surface area (Å²) in [7, 11) is 0. The molecular weight excluding hydrogens is 336 g/mol. The van der Waals surface area contributed by atoms with E-state index in [1.165, 1.54) is 25.8 Å². The first-order valence-corrected chi connectivity index (χ1v) is 10.9. The van der Waals surface area contributed by atoms with Gasteiger partial charge in [0.25, 0.3) is 5.24 Å². The summed E-state index contributed by atoms with van der Waals surface area (Å²) in [4.78, 5) is 22.9. The summed E-state index contributed by atoms with van der Waals surface area (Å²) in [5.41, 5.74) is 0. The Balaban J connectivity index is 1.27. The van der Waals surface area contributed by atoms with E-state index in [0.29, 0.717) is 18.1 Å². The smallest absolute Gasteiger partial charge is 0.286 e. The van der Waals surface area contributed by atoms with Crippen LogP contribution >= 0.6 is 11.8 Å². The third kappa shape index (κ3) is 5.69. The second-order valence-electron chi connectivity index (χ2n) is 7.88. The molecule has 3 atom stereocenters. The van der Waals surface area contributed by atoms with Gasteiger partial charge in [-0.2, -0.15) is 0 Å². The first-order valence-electron chi connectivity index (χ1n) is 10.0. The van der Waals surface area contributed by atoms with Crippen LogP contribution in [-0.2, 0) is 9.53 Å². The van der Waals surface area contributed by atoms with Crippen molar-refractivity contribution in [3.63, 3.8) is 0 Å². The van der Waals surface area contributed by atoms with Crippen LogP contribution in [0.4, 0.5) is 4.79 Å². The molecule has 2 aliphatic heterocycles. The Kier molecular flexibility index (Phi) is 7.19. The summed E-state index contributed by atoms with van der Waals surface area (Å²) >= 11 is 1.16. The Morgan fingerprint density at radius 2 is 1.84 bits per heavy atom. The van der Waals surface area contributed by atoms with Gasteiger partial charge in [0.15, 0.2) is 0 Å². The van der Waals surface area contributed by atoms with Gasteiger partial charge in [-0.05, 0) is 69.7 Å². The van der Waals surface area contributed by atoms with Crippen molar-refractivity contribution >= 4 is 22.9 Å². The Morgan fingerprint density at radius 1 is 1.08 bits per heavy atom. The van der Waals surface area contributed by atoms with Gasteiger partial charge >= 0.3 is 0 Å². The molecule has 2 N–H and O–H groups in total. The van der Waals surface area contributed by atoms with Crippen LogP contribution in [0.1, 0.15) is 64.7 Å². The van der Waals surface area contributed by atoms with Crippen molar-refractivity contribution in [1.29, 1.82) is 0 Å². The van der Waals surface area contributed by atoms with Crippen molar-refractivity contribution in [3.8, 4) is 0 Å². The van der Waals surface area contributed by atoms with E-state index in [4.69, 9.17) is 4.74 Å². The largest absolute Gasteiger partial charge is 0.378 e. The van der Waals surface area contributed by atoms with E-state index in [2.05, 4.69) is 17.6 Å². The molecule has 0 radical (unpaired) electrons. The van der Waals surface area contributed by atoms with Crippen LogP contribution in [0.25, 0.3) is 0 Å². The molecule has 3 unspecified atom stereocenters. The highest BCUT2D eigenvalue weighted by Gasteiger charge is 2.34. The molecule has 0 bridgehead atoms. The van der Waals surface area contributed by atoms with Crippen molar-refractivity contribution in [3.05, 3.63) is 0 Å². The standard InChI is InChI=1S/C19H32N2O3S/c1-2-13-3-6-15(20-12-13)9-10-24-16-7-4-14(5-8-16)11-17-18(22)21-19(23)25-17/h13-17,20H,2-12H2,1H3,(H,21,22,23). The first-order chi connectivity index (χ1) is 12.1. The number of hydrogen-bond donors (Lipinski definition) is 2. The minimum atomic E-state index is -0.186. The van der Waals surface area contributed by atoms with Crippen molar-refractivity contribution in [2.45, 2.75) is 82.1 Å². The van der Waals surface area contributed by atoms with Gasteiger partial charge in [0.05, 0.1) is 11.4 Å². The number of hydrogen-bond acceptors (Lipinski definition) is 5. The van der Waals surface area contributed by atoms with E-state index < -0.39 is 0 Å². The van der Waals surface area contributed by atoms with E-state index >= 15 is 0 Å². The van der Waals surface area contributed by atoms with Crippen molar-refractivity contribution < 1.29 is 14.3 Å². The van der Waals surface area contributed by atoms with Crippen LogP contribution in [0.15, 0.2) is 0 Å². The Hall–Kier alpha value is -0.590. The van der Waals surface area contributed by atoms with Crippen LogP contribution in [0.5, 0.6) is 0 Å². The molecule has 1 saturated carbocycles. The van der Waals surface area contributed by atoms with Crippen molar-refractivity contribution in [1.82, 2.24) is 10.6 Å². The molecule has 0 spiro atoms. The summed E-state index contributed by atoms with van der Waals surface area (Å²) < 4.78 is 6.12. The van der Waals surface area contributed by atoms with Crippen LogP contribution in [0, 0.1) is 11.8 Å². The van der Waals surface area contributed by atoms with Gasteiger partial charge in [-0.25, -0.2) is 0 Å². The molecule has 25 heavy (non-hydrogen) atoms. The first kappa shape index (κ1) is 19.2. The number of rotatable bonds is 7. The molecular formula is C19H32N2O3S. The molecule has 2 amide bonds. The van der Waals surface area contributed by atoms with Crippen molar-refractivity contribution in [2.24, 2.45) is 11.8 Å². The third-order valence-corrected chi connectivity index (χ3v) is 7.13. The molecule has 1 aliphatic carbocycles. The van der Waals surface area contributed by atoms with Gasteiger partial charge in [-0.1, -0.05) is 25.1 Å². The second-order valence-corrected chi connectivity index (χ2v) is 9.05. The fourth-order valence-corrected chi connectivity index (χ4v) is 5.28. The Labute approximate surface area is 155 Å². The minimum Gasteiger partial charge on any atom is -0.378 e. The quantitative estimate of drug-likeness (QED) is 0.720. The lowest BCUT2D eigenvalue weighted by Crippen LogP contribution is -2.39. The van der Waals surface area contributed by atoms with Gasteiger partial charge in [0, 0.05) is 12.6 Å². The molecule has 142 valence electrons. The van der Waals surface area contributed by atoms with E-state index in [1.807, 2.05) is 0 Å². The number of ether oxygens (including phenoxy) is 1. The van der Waals surface area contributed by atoms with Crippen LogP contribution in [0.3, 0.4) is 0 Å². The molecule has 0 aromatic carbocycles. The molecule has 0 aromatic rings. The number of amides is 2. The van der Waals surface area contributed by atoms with E-state index in [-0.39, 0.29) is 16.4 Å². The number of nitrogens with one attached hydrogen (secondary N) is 2. The number of carbonyl (C=O) groups is 2.